The van der Waals surface area contributed by atoms with Gasteiger partial charge in [0.1, 0.15) is 24.2 Å². The maximum absolute atomic E-state index is 12.9. The number of nitrogens with one attached hydrogen (secondary N) is 1. The van der Waals surface area contributed by atoms with Crippen LogP contribution in [0.4, 0.5) is 5.69 Å². The second kappa shape index (κ2) is 7.94. The molecule has 0 saturated heterocycles. The molecule has 0 spiro atoms. The highest BCUT2D eigenvalue weighted by molar-refractivity contribution is 6.25. The normalized spacial score (nSPS) is 13.0. The summed E-state index contributed by atoms with van der Waals surface area (Å²) in [7, 11) is 0. The number of carbonyl (C=O) groups is 2. The van der Waals surface area contributed by atoms with Gasteiger partial charge in [0.05, 0.1) is 12.1 Å². The van der Waals surface area contributed by atoms with Crippen molar-refractivity contribution in [2.75, 3.05) is 11.9 Å². The van der Waals surface area contributed by atoms with Crippen LogP contribution in [0.25, 0.3) is 22.2 Å². The summed E-state index contributed by atoms with van der Waals surface area (Å²) in [5.41, 5.74) is 4.32. The second-order valence-electron chi connectivity index (χ2n) is 7.78. The van der Waals surface area contributed by atoms with Crippen molar-refractivity contribution in [2.24, 2.45) is 0 Å². The van der Waals surface area contributed by atoms with Crippen LogP contribution in [-0.2, 0) is 11.3 Å². The smallest absolute Gasteiger partial charge is 0.221 e. The van der Waals surface area contributed by atoms with Gasteiger partial charge in [-0.25, -0.2) is 0 Å². The SMILES string of the molecule is CC(=O)Nc1ccc(OC[C@H](O)Cn2nc3c4c(cccc42)C(=O)c2ccccc2-3)cc1. The molecule has 3 aromatic carbocycles. The lowest BCUT2D eigenvalue weighted by Crippen LogP contribution is -2.24. The maximum atomic E-state index is 12.9. The molecular weight excluding hydrogens is 406 g/mol. The predicted octanol–water partition coefficient (Wildman–Crippen LogP) is 3.65. The van der Waals surface area contributed by atoms with Crippen molar-refractivity contribution in [3.05, 3.63) is 77.9 Å². The van der Waals surface area contributed by atoms with E-state index in [1.165, 1.54) is 6.92 Å². The average Bonchev–Trinajstić information content (AvgIpc) is 3.16. The highest BCUT2D eigenvalue weighted by Gasteiger charge is 2.28. The molecule has 0 bridgehead atoms. The monoisotopic (exact) mass is 427 g/mol. The number of aliphatic hydroxyl groups excluding tert-OH is 1. The first-order valence-corrected chi connectivity index (χ1v) is 10.3. The van der Waals surface area contributed by atoms with Gasteiger partial charge in [-0.15, -0.1) is 0 Å². The molecule has 160 valence electrons. The number of hydrogen-bond acceptors (Lipinski definition) is 5. The van der Waals surface area contributed by atoms with E-state index in [9.17, 15) is 14.7 Å². The Balaban J connectivity index is 1.36. The number of ether oxygens (including phenoxy) is 1. The van der Waals surface area contributed by atoms with Gasteiger partial charge < -0.3 is 15.2 Å². The lowest BCUT2D eigenvalue weighted by Gasteiger charge is -2.14. The summed E-state index contributed by atoms with van der Waals surface area (Å²) in [6.07, 6.45) is -0.809. The maximum Gasteiger partial charge on any atom is 0.221 e. The molecule has 0 aliphatic heterocycles. The van der Waals surface area contributed by atoms with Crippen molar-refractivity contribution in [2.45, 2.75) is 19.6 Å². The number of benzene rings is 3. The van der Waals surface area contributed by atoms with E-state index in [4.69, 9.17) is 9.84 Å². The summed E-state index contributed by atoms with van der Waals surface area (Å²) >= 11 is 0. The molecule has 5 rings (SSSR count). The largest absolute Gasteiger partial charge is 0.491 e. The van der Waals surface area contributed by atoms with Gasteiger partial charge in [0.15, 0.2) is 5.78 Å². The molecule has 1 aromatic heterocycles. The van der Waals surface area contributed by atoms with Crippen LogP contribution in [0.5, 0.6) is 5.75 Å². The van der Waals surface area contributed by atoms with Crippen LogP contribution in [-0.4, -0.2) is 39.3 Å². The van der Waals surface area contributed by atoms with Crippen LogP contribution >= 0.6 is 0 Å². The Labute approximate surface area is 184 Å². The molecular formula is C25H21N3O4. The summed E-state index contributed by atoms with van der Waals surface area (Å²) in [6.45, 7) is 1.75. The Morgan fingerprint density at radius 1 is 1.03 bits per heavy atom. The molecule has 0 radical (unpaired) electrons. The Hall–Kier alpha value is -3.97. The first-order valence-electron chi connectivity index (χ1n) is 10.3. The Morgan fingerprint density at radius 2 is 1.75 bits per heavy atom. The minimum atomic E-state index is -0.809. The van der Waals surface area contributed by atoms with E-state index in [1.807, 2.05) is 42.5 Å². The predicted molar refractivity (Wildman–Crippen MR) is 121 cm³/mol. The molecule has 1 heterocycles. The standard InChI is InChI=1S/C25H21N3O4/c1-15(29)26-16-9-11-18(12-10-16)32-14-17(30)13-28-22-8-4-7-21-23(22)24(27-28)19-5-2-3-6-20(19)25(21)31/h2-12,17,30H,13-14H2,1H3,(H,26,29)/t17-/m1/s1. The van der Waals surface area contributed by atoms with Gasteiger partial charge in [-0.3, -0.25) is 14.3 Å². The summed E-state index contributed by atoms with van der Waals surface area (Å²) in [6, 6.07) is 20.0. The Bertz CT molecular complexity index is 1340. The number of carbonyl (C=O) groups excluding carboxylic acids is 2. The molecule has 4 aromatic rings. The van der Waals surface area contributed by atoms with Crippen molar-refractivity contribution < 1.29 is 19.4 Å². The van der Waals surface area contributed by atoms with Gasteiger partial charge in [-0.05, 0) is 30.3 Å². The topological polar surface area (TPSA) is 93.4 Å². The molecule has 1 aliphatic rings. The second-order valence-corrected chi connectivity index (χ2v) is 7.78. The first-order chi connectivity index (χ1) is 15.5. The first kappa shape index (κ1) is 20.0. The van der Waals surface area contributed by atoms with E-state index in [1.54, 1.807) is 28.9 Å². The molecule has 7 heteroatoms. The van der Waals surface area contributed by atoms with Crippen LogP contribution < -0.4 is 10.1 Å². The minimum Gasteiger partial charge on any atom is -0.491 e. The molecule has 7 nitrogen and oxygen atoms in total. The summed E-state index contributed by atoms with van der Waals surface area (Å²) in [5, 5.41) is 18.9. The van der Waals surface area contributed by atoms with E-state index < -0.39 is 6.10 Å². The molecule has 0 fully saturated rings. The zero-order valence-corrected chi connectivity index (χ0v) is 17.4. The third-order valence-corrected chi connectivity index (χ3v) is 5.45. The van der Waals surface area contributed by atoms with E-state index in [-0.39, 0.29) is 24.8 Å². The van der Waals surface area contributed by atoms with Crippen molar-refractivity contribution in [1.82, 2.24) is 9.78 Å². The summed E-state index contributed by atoms with van der Waals surface area (Å²) in [4.78, 5) is 24.1. The van der Waals surface area contributed by atoms with Crippen molar-refractivity contribution in [3.8, 4) is 17.0 Å². The lowest BCUT2D eigenvalue weighted by atomic mass is 9.87. The van der Waals surface area contributed by atoms with E-state index in [0.717, 1.165) is 22.2 Å². The van der Waals surface area contributed by atoms with Gasteiger partial charge in [-0.1, -0.05) is 36.4 Å². The average molecular weight is 427 g/mol. The number of fused-ring (bicyclic) bond motifs is 2. The minimum absolute atomic E-state index is 0.00941. The Morgan fingerprint density at radius 3 is 2.50 bits per heavy atom. The molecule has 32 heavy (non-hydrogen) atoms. The zero-order chi connectivity index (χ0) is 22.2. The van der Waals surface area contributed by atoms with Crippen LogP contribution in [0, 0.1) is 0 Å². The highest BCUT2D eigenvalue weighted by atomic mass is 16.5. The third-order valence-electron chi connectivity index (χ3n) is 5.45. The van der Waals surface area contributed by atoms with Crippen LogP contribution in [0.1, 0.15) is 22.8 Å². The molecule has 1 atom stereocenters. The van der Waals surface area contributed by atoms with Gasteiger partial charge >= 0.3 is 0 Å². The number of anilines is 1. The van der Waals surface area contributed by atoms with Crippen molar-refractivity contribution in [1.29, 1.82) is 0 Å². The molecule has 2 N–H and O–H groups in total. The van der Waals surface area contributed by atoms with Gasteiger partial charge in [0, 0.05) is 34.7 Å². The number of amides is 1. The van der Waals surface area contributed by atoms with Crippen molar-refractivity contribution >= 4 is 28.3 Å². The zero-order valence-electron chi connectivity index (χ0n) is 17.4. The van der Waals surface area contributed by atoms with Crippen LogP contribution in [0.3, 0.4) is 0 Å². The van der Waals surface area contributed by atoms with Gasteiger partial charge in [0.25, 0.3) is 0 Å². The highest BCUT2D eigenvalue weighted by Crippen LogP contribution is 2.38. The molecule has 0 saturated carbocycles. The van der Waals surface area contributed by atoms with Gasteiger partial charge in [-0.2, -0.15) is 5.10 Å². The van der Waals surface area contributed by atoms with Crippen molar-refractivity contribution in [3.63, 3.8) is 0 Å². The summed E-state index contributed by atoms with van der Waals surface area (Å²) in [5.74, 6) is 0.435. The number of ketones is 1. The molecule has 1 aliphatic carbocycles. The number of hydrogen-bond donors (Lipinski definition) is 2. The third kappa shape index (κ3) is 3.52. The van der Waals surface area contributed by atoms with E-state index in [0.29, 0.717) is 22.6 Å². The molecule has 1 amide bonds. The number of rotatable bonds is 6. The fourth-order valence-corrected chi connectivity index (χ4v) is 4.06. The summed E-state index contributed by atoms with van der Waals surface area (Å²) < 4.78 is 7.43. The quantitative estimate of drug-likeness (QED) is 0.432. The van der Waals surface area contributed by atoms with Crippen LogP contribution in [0.15, 0.2) is 66.7 Å². The lowest BCUT2D eigenvalue weighted by molar-refractivity contribution is -0.114. The van der Waals surface area contributed by atoms with E-state index in [2.05, 4.69) is 5.32 Å². The fraction of sp³-hybridized carbons (Fsp3) is 0.160. The van der Waals surface area contributed by atoms with E-state index >= 15 is 0 Å². The Kier molecular flexibility index (Phi) is 4.95. The number of aliphatic hydroxyl groups is 1. The number of aromatic nitrogens is 2. The number of nitrogens with zero attached hydrogens (tertiary/aromatic N) is 2. The van der Waals surface area contributed by atoms with Crippen LogP contribution in [0.2, 0.25) is 0 Å². The fourth-order valence-electron chi connectivity index (χ4n) is 4.06. The molecule has 0 unspecified atom stereocenters. The van der Waals surface area contributed by atoms with Gasteiger partial charge in [0.2, 0.25) is 5.91 Å².